The van der Waals surface area contributed by atoms with Crippen LogP contribution in [-0.2, 0) is 6.42 Å². The Kier molecular flexibility index (Phi) is 4.11. The van der Waals surface area contributed by atoms with Crippen LogP contribution in [0, 0.1) is 11.3 Å². The molecule has 4 nitrogen and oxygen atoms in total. The van der Waals surface area contributed by atoms with Crippen LogP contribution in [-0.4, -0.2) is 9.97 Å². The first-order chi connectivity index (χ1) is 11.2. The van der Waals surface area contributed by atoms with Gasteiger partial charge in [0.2, 0.25) is 0 Å². The van der Waals surface area contributed by atoms with E-state index < -0.39 is 0 Å². The SMILES string of the molecule is CCCc1ccc(-c2cc(-c3ccc[nH]3)c(C#N)c(N)n2)cc1. The predicted octanol–water partition coefficient (Wildman–Crippen LogP) is 4.15. The van der Waals surface area contributed by atoms with Gasteiger partial charge in [-0.25, -0.2) is 4.98 Å². The molecule has 0 aliphatic carbocycles. The van der Waals surface area contributed by atoms with Crippen molar-refractivity contribution in [2.75, 3.05) is 5.73 Å². The second-order valence-electron chi connectivity index (χ2n) is 5.46. The van der Waals surface area contributed by atoms with Crippen molar-refractivity contribution in [3.05, 3.63) is 59.8 Å². The molecule has 0 spiro atoms. The first-order valence-corrected chi connectivity index (χ1v) is 7.66. The number of pyridine rings is 1. The van der Waals surface area contributed by atoms with Crippen LogP contribution in [0.15, 0.2) is 48.7 Å². The summed E-state index contributed by atoms with van der Waals surface area (Å²) in [5, 5.41) is 9.37. The minimum Gasteiger partial charge on any atom is -0.383 e. The molecule has 3 rings (SSSR count). The maximum absolute atomic E-state index is 9.37. The minimum atomic E-state index is 0.257. The minimum absolute atomic E-state index is 0.257. The summed E-state index contributed by atoms with van der Waals surface area (Å²) in [7, 11) is 0. The van der Waals surface area contributed by atoms with E-state index in [2.05, 4.69) is 47.2 Å². The number of benzene rings is 1. The largest absolute Gasteiger partial charge is 0.383 e. The Hall–Kier alpha value is -3.06. The molecule has 2 aromatic heterocycles. The number of nitriles is 1. The number of hydrogen-bond acceptors (Lipinski definition) is 3. The lowest BCUT2D eigenvalue weighted by Gasteiger charge is -2.09. The highest BCUT2D eigenvalue weighted by atomic mass is 14.9. The second-order valence-corrected chi connectivity index (χ2v) is 5.46. The molecule has 0 bridgehead atoms. The Morgan fingerprint density at radius 3 is 2.61 bits per heavy atom. The van der Waals surface area contributed by atoms with Gasteiger partial charge in [-0.05, 0) is 30.2 Å². The summed E-state index contributed by atoms with van der Waals surface area (Å²) >= 11 is 0. The molecule has 3 aromatic rings. The zero-order valence-corrected chi connectivity index (χ0v) is 13.0. The van der Waals surface area contributed by atoms with Crippen LogP contribution in [0.25, 0.3) is 22.5 Å². The van der Waals surface area contributed by atoms with E-state index >= 15 is 0 Å². The molecule has 1 aromatic carbocycles. The van der Waals surface area contributed by atoms with Gasteiger partial charge in [-0.2, -0.15) is 5.26 Å². The highest BCUT2D eigenvalue weighted by Gasteiger charge is 2.13. The van der Waals surface area contributed by atoms with E-state index in [-0.39, 0.29) is 5.82 Å². The first-order valence-electron chi connectivity index (χ1n) is 7.66. The van der Waals surface area contributed by atoms with Crippen molar-refractivity contribution < 1.29 is 0 Å². The van der Waals surface area contributed by atoms with Crippen molar-refractivity contribution >= 4 is 5.82 Å². The number of rotatable bonds is 4. The maximum Gasteiger partial charge on any atom is 0.142 e. The van der Waals surface area contributed by atoms with E-state index in [1.54, 1.807) is 0 Å². The van der Waals surface area contributed by atoms with E-state index in [0.717, 1.165) is 35.4 Å². The molecule has 0 fully saturated rings. The average molecular weight is 302 g/mol. The van der Waals surface area contributed by atoms with Crippen molar-refractivity contribution in [1.82, 2.24) is 9.97 Å². The molecular weight excluding hydrogens is 284 g/mol. The highest BCUT2D eigenvalue weighted by molar-refractivity contribution is 5.78. The lowest BCUT2D eigenvalue weighted by molar-refractivity contribution is 0.922. The van der Waals surface area contributed by atoms with Crippen LogP contribution in [0.2, 0.25) is 0 Å². The fourth-order valence-corrected chi connectivity index (χ4v) is 2.67. The number of aromatic amines is 1. The number of hydrogen-bond donors (Lipinski definition) is 2. The van der Waals surface area contributed by atoms with Gasteiger partial charge in [0, 0.05) is 23.0 Å². The molecule has 0 unspecified atom stereocenters. The molecular formula is C19H18N4. The number of anilines is 1. The highest BCUT2D eigenvalue weighted by Crippen LogP contribution is 2.30. The second kappa shape index (κ2) is 6.37. The summed E-state index contributed by atoms with van der Waals surface area (Å²) < 4.78 is 0. The third-order valence-corrected chi connectivity index (χ3v) is 3.84. The Balaban J connectivity index is 2.09. The summed E-state index contributed by atoms with van der Waals surface area (Å²) in [5.41, 5.74) is 11.1. The van der Waals surface area contributed by atoms with Gasteiger partial charge in [0.25, 0.3) is 0 Å². The van der Waals surface area contributed by atoms with Crippen LogP contribution < -0.4 is 5.73 Å². The van der Waals surface area contributed by atoms with Gasteiger partial charge in [-0.15, -0.1) is 0 Å². The van der Waals surface area contributed by atoms with Crippen LogP contribution >= 0.6 is 0 Å². The molecule has 4 heteroatoms. The van der Waals surface area contributed by atoms with E-state index in [0.29, 0.717) is 5.56 Å². The van der Waals surface area contributed by atoms with E-state index in [9.17, 15) is 5.26 Å². The molecule has 0 aliphatic heterocycles. The summed E-state index contributed by atoms with van der Waals surface area (Å²) in [6, 6.07) is 16.2. The van der Waals surface area contributed by atoms with Gasteiger partial charge in [0.15, 0.2) is 0 Å². The third kappa shape index (κ3) is 2.95. The molecule has 23 heavy (non-hydrogen) atoms. The van der Waals surface area contributed by atoms with Crippen LogP contribution in [0.4, 0.5) is 5.82 Å². The Bertz CT molecular complexity index is 840. The normalized spacial score (nSPS) is 10.4. The molecule has 0 amide bonds. The summed E-state index contributed by atoms with van der Waals surface area (Å²) in [4.78, 5) is 7.53. The van der Waals surface area contributed by atoms with Crippen molar-refractivity contribution in [2.45, 2.75) is 19.8 Å². The van der Waals surface area contributed by atoms with Gasteiger partial charge >= 0.3 is 0 Å². The molecule has 0 atom stereocenters. The molecule has 114 valence electrons. The maximum atomic E-state index is 9.37. The van der Waals surface area contributed by atoms with Gasteiger partial charge in [0.1, 0.15) is 17.5 Å². The topological polar surface area (TPSA) is 78.5 Å². The molecule has 0 aliphatic rings. The average Bonchev–Trinajstić information content (AvgIpc) is 3.09. The van der Waals surface area contributed by atoms with Crippen molar-refractivity contribution in [3.63, 3.8) is 0 Å². The van der Waals surface area contributed by atoms with Gasteiger partial charge < -0.3 is 10.7 Å². The number of aromatic nitrogens is 2. The van der Waals surface area contributed by atoms with Crippen LogP contribution in [0.3, 0.4) is 0 Å². The lowest BCUT2D eigenvalue weighted by atomic mass is 10.0. The predicted molar refractivity (Wildman–Crippen MR) is 92.6 cm³/mol. The molecule has 2 heterocycles. The Morgan fingerprint density at radius 2 is 2.00 bits per heavy atom. The number of nitrogens with zero attached hydrogens (tertiary/aromatic N) is 2. The first kappa shape index (κ1) is 14.9. The van der Waals surface area contributed by atoms with Crippen molar-refractivity contribution in [3.8, 4) is 28.6 Å². The smallest absolute Gasteiger partial charge is 0.142 e. The molecule has 0 radical (unpaired) electrons. The fourth-order valence-electron chi connectivity index (χ4n) is 2.67. The molecule has 0 saturated heterocycles. The number of nitrogen functional groups attached to an aromatic ring is 1. The zero-order valence-electron chi connectivity index (χ0n) is 13.0. The summed E-state index contributed by atoms with van der Waals surface area (Å²) in [6.45, 7) is 2.17. The van der Waals surface area contributed by atoms with Crippen molar-refractivity contribution in [1.29, 1.82) is 5.26 Å². The standard InChI is InChI=1S/C19H18N4/c1-2-4-13-6-8-14(9-7-13)18-11-15(17-5-3-10-22-17)16(12-20)19(21)23-18/h3,5-11,22H,2,4H2,1H3,(H2,21,23). The summed E-state index contributed by atoms with van der Waals surface area (Å²) in [5.74, 6) is 0.257. The quantitative estimate of drug-likeness (QED) is 0.760. The zero-order chi connectivity index (χ0) is 16.2. The van der Waals surface area contributed by atoms with Gasteiger partial charge in [0.05, 0.1) is 5.69 Å². The van der Waals surface area contributed by atoms with Crippen molar-refractivity contribution in [2.24, 2.45) is 0 Å². The third-order valence-electron chi connectivity index (χ3n) is 3.84. The molecule has 3 N–H and O–H groups in total. The van der Waals surface area contributed by atoms with Gasteiger partial charge in [-0.3, -0.25) is 0 Å². The Labute approximate surface area is 135 Å². The van der Waals surface area contributed by atoms with E-state index in [1.165, 1.54) is 5.56 Å². The van der Waals surface area contributed by atoms with Crippen LogP contribution in [0.5, 0.6) is 0 Å². The monoisotopic (exact) mass is 302 g/mol. The Morgan fingerprint density at radius 1 is 1.22 bits per heavy atom. The number of aryl methyl sites for hydroxylation is 1. The van der Waals surface area contributed by atoms with Gasteiger partial charge in [-0.1, -0.05) is 37.6 Å². The fraction of sp³-hybridized carbons (Fsp3) is 0.158. The lowest BCUT2D eigenvalue weighted by Crippen LogP contribution is -2.00. The van der Waals surface area contributed by atoms with E-state index in [4.69, 9.17) is 5.73 Å². The summed E-state index contributed by atoms with van der Waals surface area (Å²) in [6.07, 6.45) is 4.02. The number of H-pyrrole nitrogens is 1. The molecule has 0 saturated carbocycles. The van der Waals surface area contributed by atoms with Crippen LogP contribution in [0.1, 0.15) is 24.5 Å². The van der Waals surface area contributed by atoms with E-state index in [1.807, 2.05) is 24.4 Å². The number of nitrogens with two attached hydrogens (primary N) is 1. The number of nitrogens with one attached hydrogen (secondary N) is 1.